The molecule has 0 unspecified atom stereocenters. The van der Waals surface area contributed by atoms with E-state index >= 15 is 0 Å². The van der Waals surface area contributed by atoms with E-state index < -0.39 is 0 Å². The average molecular weight is 421 g/mol. The van der Waals surface area contributed by atoms with E-state index in [2.05, 4.69) is 87.9 Å². The average Bonchev–Trinajstić information content (AvgIpc) is 2.76. The van der Waals surface area contributed by atoms with E-state index in [1.54, 1.807) is 0 Å². The molecule has 0 fully saturated rings. The van der Waals surface area contributed by atoms with Crippen LogP contribution in [-0.2, 0) is 10.8 Å². The summed E-state index contributed by atoms with van der Waals surface area (Å²) in [5, 5.41) is 18.9. The first-order chi connectivity index (χ1) is 15.0. The fourth-order valence-electron chi connectivity index (χ4n) is 3.33. The van der Waals surface area contributed by atoms with Crippen LogP contribution in [0.2, 0.25) is 0 Å². The van der Waals surface area contributed by atoms with E-state index in [9.17, 15) is 10.5 Å². The molecule has 0 spiro atoms. The van der Waals surface area contributed by atoms with Gasteiger partial charge in [0.2, 0.25) is 0 Å². The Hall–Kier alpha value is -3.76. The maximum Gasteiger partial charge on any atom is 0.177 e. The zero-order valence-electron chi connectivity index (χ0n) is 19.6. The van der Waals surface area contributed by atoms with E-state index in [0.29, 0.717) is 11.4 Å². The molecular formula is C28H28N4. The van der Waals surface area contributed by atoms with Gasteiger partial charge in [-0.05, 0) is 33.6 Å². The second kappa shape index (κ2) is 8.77. The fourth-order valence-corrected chi connectivity index (χ4v) is 3.33. The van der Waals surface area contributed by atoms with Gasteiger partial charge in [0.15, 0.2) is 11.4 Å². The third-order valence-corrected chi connectivity index (χ3v) is 5.37. The quantitative estimate of drug-likeness (QED) is 0.475. The van der Waals surface area contributed by atoms with Crippen LogP contribution < -0.4 is 0 Å². The molecule has 4 heteroatoms. The van der Waals surface area contributed by atoms with Crippen LogP contribution in [0.15, 0.2) is 48.5 Å². The summed E-state index contributed by atoms with van der Waals surface area (Å²) in [7, 11) is 0. The summed E-state index contributed by atoms with van der Waals surface area (Å²) in [6, 6.07) is 20.5. The van der Waals surface area contributed by atoms with Crippen molar-refractivity contribution < 1.29 is 0 Å². The summed E-state index contributed by atoms with van der Waals surface area (Å²) in [5.74, 6) is 0. The van der Waals surface area contributed by atoms with E-state index in [1.165, 1.54) is 11.1 Å². The Balaban J connectivity index is 2.06. The van der Waals surface area contributed by atoms with Crippen LogP contribution in [0.3, 0.4) is 0 Å². The molecule has 0 N–H and O–H groups in total. The molecule has 32 heavy (non-hydrogen) atoms. The number of benzene rings is 2. The third-order valence-electron chi connectivity index (χ3n) is 5.37. The lowest BCUT2D eigenvalue weighted by Gasteiger charge is -2.19. The zero-order chi connectivity index (χ0) is 23.5. The largest absolute Gasteiger partial charge is 0.232 e. The van der Waals surface area contributed by atoms with Crippen molar-refractivity contribution in [1.29, 1.82) is 10.5 Å². The molecule has 0 atom stereocenters. The van der Waals surface area contributed by atoms with Crippen LogP contribution in [0, 0.1) is 22.7 Å². The van der Waals surface area contributed by atoms with Gasteiger partial charge in [0, 0.05) is 5.56 Å². The summed E-state index contributed by atoms with van der Waals surface area (Å²) in [6.07, 6.45) is 3.81. The second-order valence-electron chi connectivity index (χ2n) is 9.91. The van der Waals surface area contributed by atoms with Crippen molar-refractivity contribution in [2.45, 2.75) is 52.4 Å². The summed E-state index contributed by atoms with van der Waals surface area (Å²) in [4.78, 5) is 8.93. The Kier molecular flexibility index (Phi) is 6.28. The lowest BCUT2D eigenvalue weighted by molar-refractivity contribution is 0.590. The van der Waals surface area contributed by atoms with Gasteiger partial charge in [-0.15, -0.1) is 0 Å². The Bertz CT molecular complexity index is 1220. The highest BCUT2D eigenvalue weighted by atomic mass is 14.8. The second-order valence-corrected chi connectivity index (χ2v) is 9.91. The van der Waals surface area contributed by atoms with Gasteiger partial charge >= 0.3 is 0 Å². The number of hydrogen-bond acceptors (Lipinski definition) is 4. The Labute approximate surface area is 190 Å². The molecule has 1 aromatic heterocycles. The van der Waals surface area contributed by atoms with Crippen LogP contribution in [0.4, 0.5) is 0 Å². The number of nitrogens with zero attached hydrogens (tertiary/aromatic N) is 4. The number of aromatic nitrogens is 2. The highest BCUT2D eigenvalue weighted by molar-refractivity contribution is 5.77. The van der Waals surface area contributed by atoms with Crippen molar-refractivity contribution in [2.24, 2.45) is 0 Å². The molecule has 2 aromatic carbocycles. The van der Waals surface area contributed by atoms with Crippen molar-refractivity contribution in [3.63, 3.8) is 0 Å². The van der Waals surface area contributed by atoms with Crippen molar-refractivity contribution in [2.75, 3.05) is 0 Å². The maximum atomic E-state index is 9.44. The van der Waals surface area contributed by atoms with Crippen LogP contribution in [0.1, 0.15) is 75.3 Å². The number of hydrogen-bond donors (Lipinski definition) is 0. The van der Waals surface area contributed by atoms with Gasteiger partial charge in [-0.3, -0.25) is 0 Å². The predicted molar refractivity (Wildman–Crippen MR) is 130 cm³/mol. The first kappa shape index (κ1) is 22.9. The Morgan fingerprint density at radius 1 is 0.656 bits per heavy atom. The van der Waals surface area contributed by atoms with Crippen LogP contribution in [0.5, 0.6) is 0 Å². The topological polar surface area (TPSA) is 73.4 Å². The van der Waals surface area contributed by atoms with Crippen molar-refractivity contribution in [3.05, 3.63) is 82.3 Å². The smallest absolute Gasteiger partial charge is 0.177 e. The molecule has 3 rings (SSSR count). The normalized spacial score (nSPS) is 11.9. The van der Waals surface area contributed by atoms with Gasteiger partial charge in [0.1, 0.15) is 12.1 Å². The van der Waals surface area contributed by atoms with Crippen LogP contribution in [0.25, 0.3) is 23.4 Å². The first-order valence-corrected chi connectivity index (χ1v) is 10.6. The molecule has 0 saturated heterocycles. The molecule has 0 radical (unpaired) electrons. The molecule has 0 aliphatic carbocycles. The molecular weight excluding hydrogens is 392 g/mol. The van der Waals surface area contributed by atoms with Gasteiger partial charge in [-0.2, -0.15) is 10.5 Å². The summed E-state index contributed by atoms with van der Waals surface area (Å²) in [5.41, 5.74) is 5.69. The summed E-state index contributed by atoms with van der Waals surface area (Å²) < 4.78 is 0. The number of rotatable bonds is 3. The molecule has 4 nitrogen and oxygen atoms in total. The van der Waals surface area contributed by atoms with Crippen molar-refractivity contribution >= 4 is 12.2 Å². The predicted octanol–water partition coefficient (Wildman–Crippen LogP) is 6.65. The van der Waals surface area contributed by atoms with Crippen molar-refractivity contribution in [3.8, 4) is 23.4 Å². The van der Waals surface area contributed by atoms with E-state index in [-0.39, 0.29) is 22.2 Å². The van der Waals surface area contributed by atoms with Crippen LogP contribution >= 0.6 is 0 Å². The van der Waals surface area contributed by atoms with E-state index in [4.69, 9.17) is 0 Å². The molecule has 160 valence electrons. The highest BCUT2D eigenvalue weighted by Gasteiger charge is 2.17. The standard InChI is InChI=1S/C28H28N4/c1-27(2,3)21-12-7-19(8-13-21)9-16-23-26(32-25(18-30)24(17-29)31-23)20-10-14-22(15-11-20)28(4,5)6/h7-16H,1-6H3/b16-9+. The fraction of sp³-hybridized carbons (Fsp3) is 0.286. The molecule has 3 aromatic rings. The minimum atomic E-state index is 0.0327. The van der Waals surface area contributed by atoms with Gasteiger partial charge in [-0.25, -0.2) is 9.97 Å². The lowest BCUT2D eigenvalue weighted by Crippen LogP contribution is -2.10. The maximum absolute atomic E-state index is 9.44. The molecule has 0 aliphatic heterocycles. The van der Waals surface area contributed by atoms with Gasteiger partial charge in [0.05, 0.1) is 11.4 Å². The molecule has 0 aliphatic rings. The summed E-state index contributed by atoms with van der Waals surface area (Å²) >= 11 is 0. The minimum absolute atomic E-state index is 0.0327. The third kappa shape index (κ3) is 5.10. The molecule has 0 bridgehead atoms. The molecule has 0 amide bonds. The SMILES string of the molecule is CC(C)(C)c1ccc(/C=C/c2nc(C#N)c(C#N)nc2-c2ccc(C(C)(C)C)cc2)cc1. The summed E-state index contributed by atoms with van der Waals surface area (Å²) in [6.45, 7) is 13.0. The minimum Gasteiger partial charge on any atom is -0.232 e. The Morgan fingerprint density at radius 3 is 1.59 bits per heavy atom. The lowest BCUT2D eigenvalue weighted by atomic mass is 9.86. The van der Waals surface area contributed by atoms with Crippen molar-refractivity contribution in [1.82, 2.24) is 9.97 Å². The molecule has 1 heterocycles. The Morgan fingerprint density at radius 2 is 1.12 bits per heavy atom. The van der Waals surface area contributed by atoms with E-state index in [1.807, 2.05) is 36.4 Å². The van der Waals surface area contributed by atoms with Gasteiger partial charge in [-0.1, -0.05) is 96.1 Å². The monoisotopic (exact) mass is 420 g/mol. The first-order valence-electron chi connectivity index (χ1n) is 10.6. The van der Waals surface area contributed by atoms with Crippen LogP contribution in [-0.4, -0.2) is 9.97 Å². The number of nitriles is 2. The van der Waals surface area contributed by atoms with E-state index in [0.717, 1.165) is 11.1 Å². The van der Waals surface area contributed by atoms with Gasteiger partial charge < -0.3 is 0 Å². The van der Waals surface area contributed by atoms with Gasteiger partial charge in [0.25, 0.3) is 0 Å². The molecule has 0 saturated carbocycles. The zero-order valence-corrected chi connectivity index (χ0v) is 19.6. The highest BCUT2D eigenvalue weighted by Crippen LogP contribution is 2.28.